The molecule has 1 aromatic rings. The smallest absolute Gasteiger partial charge is 0.323 e. The third-order valence-electron chi connectivity index (χ3n) is 3.77. The van der Waals surface area contributed by atoms with Gasteiger partial charge in [0.2, 0.25) is 0 Å². The molecule has 1 aliphatic rings. The molecule has 4 heteroatoms. The summed E-state index contributed by atoms with van der Waals surface area (Å²) in [4.78, 5) is 14.1. The van der Waals surface area contributed by atoms with E-state index in [9.17, 15) is 4.79 Å². The fraction of sp³-hybridized carbons (Fsp3) is 0.562. The van der Waals surface area contributed by atoms with Crippen molar-refractivity contribution < 1.29 is 14.3 Å². The van der Waals surface area contributed by atoms with Gasteiger partial charge in [0.15, 0.2) is 0 Å². The number of carbonyl (C=O) groups excluding carboxylic acids is 1. The van der Waals surface area contributed by atoms with Crippen LogP contribution in [0.25, 0.3) is 0 Å². The van der Waals surface area contributed by atoms with Gasteiger partial charge < -0.3 is 9.47 Å². The highest BCUT2D eigenvalue weighted by Crippen LogP contribution is 2.21. The molecule has 0 aromatic heterocycles. The monoisotopic (exact) mass is 277 g/mol. The fourth-order valence-electron chi connectivity index (χ4n) is 2.80. The minimum Gasteiger partial charge on any atom is -0.468 e. The molecule has 0 bridgehead atoms. The van der Waals surface area contributed by atoms with Crippen LogP contribution in [0.4, 0.5) is 0 Å². The Hall–Kier alpha value is -1.39. The van der Waals surface area contributed by atoms with E-state index in [0.29, 0.717) is 6.61 Å². The topological polar surface area (TPSA) is 38.8 Å². The fourth-order valence-corrected chi connectivity index (χ4v) is 2.80. The van der Waals surface area contributed by atoms with Crippen LogP contribution < -0.4 is 0 Å². The van der Waals surface area contributed by atoms with Crippen LogP contribution in [-0.4, -0.2) is 37.7 Å². The van der Waals surface area contributed by atoms with Crippen LogP contribution in [0.5, 0.6) is 0 Å². The van der Waals surface area contributed by atoms with E-state index in [2.05, 4.69) is 23.1 Å². The molecule has 1 fully saturated rings. The highest BCUT2D eigenvalue weighted by atomic mass is 16.5. The molecular formula is C16H23NO3. The Morgan fingerprint density at radius 3 is 2.85 bits per heavy atom. The van der Waals surface area contributed by atoms with Gasteiger partial charge >= 0.3 is 5.97 Å². The van der Waals surface area contributed by atoms with E-state index in [0.717, 1.165) is 37.9 Å². The Morgan fingerprint density at radius 2 is 2.10 bits per heavy atom. The summed E-state index contributed by atoms with van der Waals surface area (Å²) >= 11 is 0. The summed E-state index contributed by atoms with van der Waals surface area (Å²) in [6.07, 6.45) is 3.13. The molecule has 0 N–H and O–H groups in total. The summed E-state index contributed by atoms with van der Waals surface area (Å²) < 4.78 is 10.1. The third-order valence-corrected chi connectivity index (χ3v) is 3.77. The first-order valence-electron chi connectivity index (χ1n) is 7.13. The van der Waals surface area contributed by atoms with Gasteiger partial charge in [-0.15, -0.1) is 0 Å². The summed E-state index contributed by atoms with van der Waals surface area (Å²) in [5, 5.41) is 0. The van der Waals surface area contributed by atoms with Gasteiger partial charge in [-0.1, -0.05) is 30.7 Å². The van der Waals surface area contributed by atoms with Gasteiger partial charge in [-0.05, 0) is 30.5 Å². The van der Waals surface area contributed by atoms with Gasteiger partial charge in [0.25, 0.3) is 0 Å². The predicted molar refractivity (Wildman–Crippen MR) is 77.2 cm³/mol. The van der Waals surface area contributed by atoms with E-state index in [1.54, 1.807) is 7.11 Å². The zero-order chi connectivity index (χ0) is 14.4. The number of piperidine rings is 1. The highest BCUT2D eigenvalue weighted by molar-refractivity contribution is 5.75. The SMILES string of the molecule is COCc1cccc(CN2CCCC[C@@H]2C(=O)OC)c1. The van der Waals surface area contributed by atoms with Crippen molar-refractivity contribution in [3.05, 3.63) is 35.4 Å². The van der Waals surface area contributed by atoms with Crippen molar-refractivity contribution in [1.29, 1.82) is 0 Å². The van der Waals surface area contributed by atoms with Crippen LogP contribution in [0.3, 0.4) is 0 Å². The van der Waals surface area contributed by atoms with Crippen molar-refractivity contribution >= 4 is 5.97 Å². The average molecular weight is 277 g/mol. The number of benzene rings is 1. The first-order chi connectivity index (χ1) is 9.74. The average Bonchev–Trinajstić information content (AvgIpc) is 2.48. The number of rotatable bonds is 5. The molecule has 1 saturated heterocycles. The van der Waals surface area contributed by atoms with Crippen molar-refractivity contribution in [3.63, 3.8) is 0 Å². The third kappa shape index (κ3) is 3.81. The largest absolute Gasteiger partial charge is 0.468 e. The van der Waals surface area contributed by atoms with Crippen LogP contribution in [0, 0.1) is 0 Å². The first-order valence-corrected chi connectivity index (χ1v) is 7.13. The van der Waals surface area contributed by atoms with E-state index < -0.39 is 0 Å². The lowest BCUT2D eigenvalue weighted by atomic mass is 10.0. The van der Waals surface area contributed by atoms with Gasteiger partial charge in [-0.2, -0.15) is 0 Å². The number of likely N-dealkylation sites (tertiary alicyclic amines) is 1. The molecule has 0 unspecified atom stereocenters. The number of carbonyl (C=O) groups is 1. The van der Waals surface area contributed by atoms with E-state index >= 15 is 0 Å². The maximum absolute atomic E-state index is 11.9. The Bertz CT molecular complexity index is 447. The summed E-state index contributed by atoms with van der Waals surface area (Å²) in [7, 11) is 3.17. The van der Waals surface area contributed by atoms with Crippen molar-refractivity contribution in [2.24, 2.45) is 0 Å². The van der Waals surface area contributed by atoms with Crippen LogP contribution >= 0.6 is 0 Å². The predicted octanol–water partition coefficient (Wildman–Crippen LogP) is 2.36. The second-order valence-corrected chi connectivity index (χ2v) is 5.26. The lowest BCUT2D eigenvalue weighted by Gasteiger charge is -2.33. The molecular weight excluding hydrogens is 254 g/mol. The molecule has 1 aromatic carbocycles. The Kier molecular flexibility index (Phi) is 5.56. The first kappa shape index (κ1) is 15.0. The molecule has 1 heterocycles. The lowest BCUT2D eigenvalue weighted by molar-refractivity contribution is -0.148. The van der Waals surface area contributed by atoms with Gasteiger partial charge in [0, 0.05) is 13.7 Å². The Labute approximate surface area is 120 Å². The van der Waals surface area contributed by atoms with Crippen LogP contribution in [0.2, 0.25) is 0 Å². The van der Waals surface area contributed by atoms with E-state index in [1.165, 1.54) is 12.7 Å². The van der Waals surface area contributed by atoms with Crippen LogP contribution in [0.15, 0.2) is 24.3 Å². The van der Waals surface area contributed by atoms with Crippen molar-refractivity contribution in [1.82, 2.24) is 4.90 Å². The maximum atomic E-state index is 11.9. The standard InChI is InChI=1S/C16H23NO3/c1-19-12-14-7-5-6-13(10-14)11-17-9-4-3-8-15(17)16(18)20-2/h5-7,10,15H,3-4,8-9,11-12H2,1-2H3/t15-/m1/s1. The van der Waals surface area contributed by atoms with E-state index in [4.69, 9.17) is 9.47 Å². The molecule has 0 amide bonds. The molecule has 0 saturated carbocycles. The molecule has 0 radical (unpaired) electrons. The van der Waals surface area contributed by atoms with Crippen molar-refractivity contribution in [2.45, 2.75) is 38.5 Å². The molecule has 4 nitrogen and oxygen atoms in total. The number of hydrogen-bond donors (Lipinski definition) is 0. The second-order valence-electron chi connectivity index (χ2n) is 5.26. The molecule has 2 rings (SSSR count). The highest BCUT2D eigenvalue weighted by Gasteiger charge is 2.29. The minimum atomic E-state index is -0.113. The summed E-state index contributed by atoms with van der Waals surface area (Å²) in [6, 6.07) is 8.25. The van der Waals surface area contributed by atoms with Crippen molar-refractivity contribution in [2.75, 3.05) is 20.8 Å². The van der Waals surface area contributed by atoms with E-state index in [1.807, 2.05) is 6.07 Å². The van der Waals surface area contributed by atoms with Gasteiger partial charge in [-0.25, -0.2) is 0 Å². The number of nitrogens with zero attached hydrogens (tertiary/aromatic N) is 1. The summed E-state index contributed by atoms with van der Waals surface area (Å²) in [5.74, 6) is -0.113. The Balaban J connectivity index is 2.06. The van der Waals surface area contributed by atoms with Gasteiger partial charge in [0.05, 0.1) is 13.7 Å². The maximum Gasteiger partial charge on any atom is 0.323 e. The van der Waals surface area contributed by atoms with E-state index in [-0.39, 0.29) is 12.0 Å². The number of hydrogen-bond acceptors (Lipinski definition) is 4. The number of ether oxygens (including phenoxy) is 2. The quantitative estimate of drug-likeness (QED) is 0.775. The zero-order valence-electron chi connectivity index (χ0n) is 12.3. The molecule has 1 atom stereocenters. The van der Waals surface area contributed by atoms with Crippen molar-refractivity contribution in [3.8, 4) is 0 Å². The lowest BCUT2D eigenvalue weighted by Crippen LogP contribution is -2.44. The summed E-state index contributed by atoms with van der Waals surface area (Å²) in [6.45, 7) is 2.36. The molecule has 110 valence electrons. The van der Waals surface area contributed by atoms with Gasteiger partial charge in [0.1, 0.15) is 6.04 Å². The minimum absolute atomic E-state index is 0.0974. The number of esters is 1. The zero-order valence-corrected chi connectivity index (χ0v) is 12.3. The van der Waals surface area contributed by atoms with Crippen LogP contribution in [-0.2, 0) is 27.4 Å². The molecule has 0 spiro atoms. The molecule has 20 heavy (non-hydrogen) atoms. The van der Waals surface area contributed by atoms with Crippen LogP contribution in [0.1, 0.15) is 30.4 Å². The molecule has 1 aliphatic heterocycles. The summed E-state index contributed by atoms with van der Waals surface area (Å²) in [5.41, 5.74) is 2.38. The van der Waals surface area contributed by atoms with Gasteiger partial charge in [-0.3, -0.25) is 9.69 Å². The second kappa shape index (κ2) is 7.41. The Morgan fingerprint density at radius 1 is 1.30 bits per heavy atom. The molecule has 0 aliphatic carbocycles. The normalized spacial score (nSPS) is 19.8. The number of methoxy groups -OCH3 is 2.